The van der Waals surface area contributed by atoms with E-state index < -0.39 is 28.0 Å². The molecule has 0 spiro atoms. The molecule has 1 saturated carbocycles. The van der Waals surface area contributed by atoms with Crippen molar-refractivity contribution in [1.82, 2.24) is 14.5 Å². The van der Waals surface area contributed by atoms with Crippen LogP contribution in [0.25, 0.3) is 0 Å². The molecule has 35 heavy (non-hydrogen) atoms. The van der Waals surface area contributed by atoms with E-state index in [1.54, 1.807) is 0 Å². The van der Waals surface area contributed by atoms with Gasteiger partial charge in [0.25, 0.3) is 0 Å². The Balaban J connectivity index is 1.63. The number of carbonyl (C=O) groups is 2. The lowest BCUT2D eigenvalue weighted by molar-refractivity contribution is -0.126. The van der Waals surface area contributed by atoms with Crippen LogP contribution in [-0.2, 0) is 14.8 Å². The van der Waals surface area contributed by atoms with E-state index in [4.69, 9.17) is 0 Å². The molecule has 1 aromatic rings. The lowest BCUT2D eigenvalue weighted by Crippen LogP contribution is -2.51. The molecule has 2 fully saturated rings. The minimum atomic E-state index is -3.75. The standard InChI is InChI=1S/C25H38FN3O5S/c1-25(2,3)14-6-5-7-22(28(4)24(31)32)23(30)27-21-13-8-17-15-29(16-20(17)21)35(33,34)19-11-9-18(26)10-12-19/h9-12,17,20-22H,5-8,13-16H2,1-4H3,(H,27,30)(H,31,32)/t17-,20+,21+,22+/m1/s1. The van der Waals surface area contributed by atoms with Crippen LogP contribution in [0.5, 0.6) is 0 Å². The van der Waals surface area contributed by atoms with Gasteiger partial charge in [0.15, 0.2) is 0 Å². The second-order valence-electron chi connectivity index (χ2n) is 11.1. The van der Waals surface area contributed by atoms with Gasteiger partial charge in [-0.25, -0.2) is 17.6 Å². The number of benzene rings is 1. The molecule has 4 atom stereocenters. The molecule has 1 saturated heterocycles. The van der Waals surface area contributed by atoms with Gasteiger partial charge in [0.05, 0.1) is 4.90 Å². The number of halogens is 1. The molecule has 1 aliphatic carbocycles. The Bertz CT molecular complexity index is 1010. The van der Waals surface area contributed by atoms with Gasteiger partial charge in [-0.2, -0.15) is 4.31 Å². The number of likely N-dealkylation sites (N-methyl/N-ethyl adjacent to an activating group) is 1. The first-order valence-electron chi connectivity index (χ1n) is 12.3. The number of rotatable bonds is 9. The fourth-order valence-corrected chi connectivity index (χ4v) is 6.80. The number of amides is 2. The molecule has 0 bridgehead atoms. The number of nitrogens with one attached hydrogen (secondary N) is 1. The first kappa shape index (κ1) is 27.4. The summed E-state index contributed by atoms with van der Waals surface area (Å²) in [6.07, 6.45) is 3.45. The van der Waals surface area contributed by atoms with E-state index in [2.05, 4.69) is 26.1 Å². The molecule has 0 aromatic heterocycles. The SMILES string of the molecule is CN(C(=O)O)[C@@H](CCCCC(C)(C)C)C(=O)N[C@H]1CC[C@@H]2CN(S(=O)(=O)c3ccc(F)cc3)C[C@@H]21. The second kappa shape index (κ2) is 10.8. The van der Waals surface area contributed by atoms with Crippen molar-refractivity contribution in [2.45, 2.75) is 76.3 Å². The van der Waals surface area contributed by atoms with Gasteiger partial charge in [-0.1, -0.05) is 33.6 Å². The Morgan fingerprint density at radius 1 is 1.17 bits per heavy atom. The molecule has 0 radical (unpaired) electrons. The summed E-state index contributed by atoms with van der Waals surface area (Å²) in [5.41, 5.74) is 0.178. The van der Waals surface area contributed by atoms with Crippen LogP contribution in [0, 0.1) is 23.1 Å². The summed E-state index contributed by atoms with van der Waals surface area (Å²) < 4.78 is 40.7. The number of carboxylic acid groups (broad SMARTS) is 1. The highest BCUT2D eigenvalue weighted by Crippen LogP contribution is 2.40. The number of nitrogens with zero attached hydrogens (tertiary/aromatic N) is 2. The maximum atomic E-state index is 13.2. The maximum Gasteiger partial charge on any atom is 0.407 e. The van der Waals surface area contributed by atoms with Crippen molar-refractivity contribution in [1.29, 1.82) is 0 Å². The van der Waals surface area contributed by atoms with E-state index in [0.29, 0.717) is 13.0 Å². The Morgan fingerprint density at radius 2 is 1.83 bits per heavy atom. The van der Waals surface area contributed by atoms with Gasteiger partial charge >= 0.3 is 6.09 Å². The van der Waals surface area contributed by atoms with E-state index in [1.807, 2.05) is 0 Å². The fraction of sp³-hybridized carbons (Fsp3) is 0.680. The molecular weight excluding hydrogens is 473 g/mol. The Kier molecular flexibility index (Phi) is 8.47. The molecule has 2 aliphatic rings. The molecule has 1 aromatic carbocycles. The number of carbonyl (C=O) groups excluding carboxylic acids is 1. The van der Waals surface area contributed by atoms with Gasteiger partial charge < -0.3 is 10.4 Å². The lowest BCUT2D eigenvalue weighted by Gasteiger charge is -2.28. The summed E-state index contributed by atoms with van der Waals surface area (Å²) in [4.78, 5) is 25.9. The number of sulfonamides is 1. The Morgan fingerprint density at radius 3 is 2.43 bits per heavy atom. The zero-order chi connectivity index (χ0) is 26.0. The third-order valence-corrected chi connectivity index (χ3v) is 9.17. The average Bonchev–Trinajstić information content (AvgIpc) is 3.35. The van der Waals surface area contributed by atoms with Crippen molar-refractivity contribution in [2.75, 3.05) is 20.1 Å². The van der Waals surface area contributed by atoms with Crippen molar-refractivity contribution < 1.29 is 27.5 Å². The topological polar surface area (TPSA) is 107 Å². The number of hydrogen-bond donors (Lipinski definition) is 2. The molecule has 1 aliphatic heterocycles. The lowest BCUT2D eigenvalue weighted by atomic mass is 9.89. The maximum absolute atomic E-state index is 13.2. The molecule has 10 heteroatoms. The van der Waals surface area contributed by atoms with Gasteiger partial charge in [-0.3, -0.25) is 9.69 Å². The first-order valence-corrected chi connectivity index (χ1v) is 13.8. The van der Waals surface area contributed by atoms with Crippen LogP contribution < -0.4 is 5.32 Å². The van der Waals surface area contributed by atoms with E-state index >= 15 is 0 Å². The van der Waals surface area contributed by atoms with E-state index in [0.717, 1.165) is 49.1 Å². The molecule has 3 rings (SSSR count). The summed E-state index contributed by atoms with van der Waals surface area (Å²) in [6, 6.07) is 3.81. The molecule has 2 N–H and O–H groups in total. The quantitative estimate of drug-likeness (QED) is 0.489. The van der Waals surface area contributed by atoms with Crippen molar-refractivity contribution in [3.63, 3.8) is 0 Å². The smallest absolute Gasteiger partial charge is 0.407 e. The molecule has 2 amide bonds. The van der Waals surface area contributed by atoms with E-state index in [-0.39, 0.29) is 40.6 Å². The van der Waals surface area contributed by atoms with Crippen molar-refractivity contribution in [2.24, 2.45) is 17.3 Å². The van der Waals surface area contributed by atoms with Crippen molar-refractivity contribution in [3.05, 3.63) is 30.1 Å². The Hall–Kier alpha value is -2.20. The van der Waals surface area contributed by atoms with E-state index in [1.165, 1.54) is 23.5 Å². The third kappa shape index (κ3) is 6.73. The van der Waals surface area contributed by atoms with Gasteiger partial charge in [0.1, 0.15) is 11.9 Å². The average molecular weight is 512 g/mol. The van der Waals surface area contributed by atoms with Crippen LogP contribution in [0.1, 0.15) is 59.3 Å². The molecule has 8 nitrogen and oxygen atoms in total. The summed E-state index contributed by atoms with van der Waals surface area (Å²) >= 11 is 0. The normalized spacial score (nSPS) is 23.6. The predicted octanol–water partition coefficient (Wildman–Crippen LogP) is 3.93. The summed E-state index contributed by atoms with van der Waals surface area (Å²) in [7, 11) is -2.33. The van der Waals surface area contributed by atoms with E-state index in [9.17, 15) is 27.5 Å². The second-order valence-corrected chi connectivity index (χ2v) is 13.0. The van der Waals surface area contributed by atoms with Gasteiger partial charge in [0, 0.05) is 26.2 Å². The number of unbranched alkanes of at least 4 members (excludes halogenated alkanes) is 1. The minimum absolute atomic E-state index is 0.0363. The van der Waals surface area contributed by atoms with Gasteiger partial charge in [-0.15, -0.1) is 0 Å². The van der Waals surface area contributed by atoms with Crippen LogP contribution in [-0.4, -0.2) is 67.0 Å². The number of fused-ring (bicyclic) bond motifs is 1. The molecule has 0 unspecified atom stereocenters. The van der Waals surface area contributed by atoms with Crippen LogP contribution in [0.15, 0.2) is 29.2 Å². The zero-order valence-electron chi connectivity index (χ0n) is 21.0. The molecule has 196 valence electrons. The molecular formula is C25H38FN3O5S. The van der Waals surface area contributed by atoms with Gasteiger partial charge in [-0.05, 0) is 67.2 Å². The molecule has 1 heterocycles. The van der Waals surface area contributed by atoms with Crippen molar-refractivity contribution >= 4 is 22.0 Å². The highest BCUT2D eigenvalue weighted by Gasteiger charge is 2.47. The fourth-order valence-electron chi connectivity index (χ4n) is 5.26. The zero-order valence-corrected chi connectivity index (χ0v) is 21.9. The summed E-state index contributed by atoms with van der Waals surface area (Å²) in [5.74, 6) is -0.732. The van der Waals surface area contributed by atoms with Crippen molar-refractivity contribution in [3.8, 4) is 0 Å². The number of hydrogen-bond acceptors (Lipinski definition) is 4. The summed E-state index contributed by atoms with van der Waals surface area (Å²) in [6.45, 7) is 7.09. The summed E-state index contributed by atoms with van der Waals surface area (Å²) in [5, 5.41) is 12.5. The third-order valence-electron chi connectivity index (χ3n) is 7.33. The van der Waals surface area contributed by atoms with Crippen LogP contribution in [0.3, 0.4) is 0 Å². The van der Waals surface area contributed by atoms with Crippen LogP contribution >= 0.6 is 0 Å². The largest absolute Gasteiger partial charge is 0.465 e. The van der Waals surface area contributed by atoms with Gasteiger partial charge in [0.2, 0.25) is 15.9 Å². The highest BCUT2D eigenvalue weighted by atomic mass is 32.2. The monoisotopic (exact) mass is 511 g/mol. The predicted molar refractivity (Wildman–Crippen MR) is 131 cm³/mol. The Labute approximate surface area is 207 Å². The highest BCUT2D eigenvalue weighted by molar-refractivity contribution is 7.89. The minimum Gasteiger partial charge on any atom is -0.465 e. The first-order chi connectivity index (χ1) is 16.3. The van der Waals surface area contributed by atoms with Crippen LogP contribution in [0.4, 0.5) is 9.18 Å². The van der Waals surface area contributed by atoms with Crippen LogP contribution in [0.2, 0.25) is 0 Å².